The first-order valence-electron chi connectivity index (χ1n) is 9.99. The predicted molar refractivity (Wildman–Crippen MR) is 105 cm³/mol. The Morgan fingerprint density at radius 3 is 2.54 bits per heavy atom. The highest BCUT2D eigenvalue weighted by molar-refractivity contribution is 5.46. The number of hydrogen-bond donors (Lipinski definition) is 0. The molecule has 1 aromatic heterocycles. The van der Waals surface area contributed by atoms with E-state index in [1.54, 1.807) is 0 Å². The second kappa shape index (κ2) is 8.23. The second-order valence-corrected chi connectivity index (χ2v) is 7.57. The highest BCUT2D eigenvalue weighted by Crippen LogP contribution is 2.30. The van der Waals surface area contributed by atoms with Gasteiger partial charge in [0.15, 0.2) is 0 Å². The van der Waals surface area contributed by atoms with Crippen LogP contribution in [0.15, 0.2) is 40.9 Å². The minimum absolute atomic E-state index is 0.437. The van der Waals surface area contributed by atoms with Gasteiger partial charge in [-0.1, -0.05) is 29.8 Å². The third-order valence-corrected chi connectivity index (χ3v) is 5.80. The maximum absolute atomic E-state index is 5.32. The highest BCUT2D eigenvalue weighted by atomic mass is 16.5. The SMILES string of the molecule is Cc1cc(C2CCCCN2CCN2CCN(c3ccccc3)CC2)no1. The Hall–Kier alpha value is -1.85. The fourth-order valence-electron chi connectivity index (χ4n) is 4.27. The Labute approximate surface area is 156 Å². The molecule has 5 nitrogen and oxygen atoms in total. The third kappa shape index (κ3) is 4.10. The van der Waals surface area contributed by atoms with Crippen molar-refractivity contribution in [3.05, 3.63) is 47.9 Å². The summed E-state index contributed by atoms with van der Waals surface area (Å²) >= 11 is 0. The fourth-order valence-corrected chi connectivity index (χ4v) is 4.27. The number of aryl methyl sites for hydroxylation is 1. The lowest BCUT2D eigenvalue weighted by Crippen LogP contribution is -2.49. The lowest BCUT2D eigenvalue weighted by molar-refractivity contribution is 0.118. The first-order valence-corrected chi connectivity index (χ1v) is 9.99. The van der Waals surface area contributed by atoms with Crippen molar-refractivity contribution < 1.29 is 4.52 Å². The van der Waals surface area contributed by atoms with Gasteiger partial charge in [-0.2, -0.15) is 0 Å². The molecule has 0 spiro atoms. The van der Waals surface area contributed by atoms with Gasteiger partial charge in [0.2, 0.25) is 0 Å². The topological polar surface area (TPSA) is 35.8 Å². The number of para-hydroxylation sites is 1. The molecule has 3 heterocycles. The number of piperidine rings is 1. The molecule has 0 radical (unpaired) electrons. The zero-order valence-electron chi connectivity index (χ0n) is 15.8. The Bertz CT molecular complexity index is 678. The van der Waals surface area contributed by atoms with Crippen molar-refractivity contribution >= 4 is 5.69 Å². The minimum Gasteiger partial charge on any atom is -0.369 e. The maximum Gasteiger partial charge on any atom is 0.133 e. The monoisotopic (exact) mass is 354 g/mol. The van der Waals surface area contributed by atoms with Crippen molar-refractivity contribution in [2.75, 3.05) is 50.7 Å². The molecule has 0 N–H and O–H groups in total. The number of piperazine rings is 1. The Kier molecular flexibility index (Phi) is 5.56. The van der Waals surface area contributed by atoms with Crippen LogP contribution < -0.4 is 4.90 Å². The normalized spacial score (nSPS) is 22.7. The lowest BCUT2D eigenvalue weighted by Gasteiger charge is -2.39. The van der Waals surface area contributed by atoms with Crippen LogP contribution in [0.3, 0.4) is 0 Å². The van der Waals surface area contributed by atoms with E-state index in [0.29, 0.717) is 6.04 Å². The molecule has 1 atom stereocenters. The number of aromatic nitrogens is 1. The van der Waals surface area contributed by atoms with Crippen molar-refractivity contribution in [3.63, 3.8) is 0 Å². The maximum atomic E-state index is 5.32. The van der Waals surface area contributed by atoms with E-state index in [1.165, 1.54) is 31.5 Å². The van der Waals surface area contributed by atoms with Crippen molar-refractivity contribution in [2.45, 2.75) is 32.2 Å². The molecule has 2 saturated heterocycles. The first-order chi connectivity index (χ1) is 12.8. The summed E-state index contributed by atoms with van der Waals surface area (Å²) in [7, 11) is 0. The molecule has 1 aromatic carbocycles. The summed E-state index contributed by atoms with van der Waals surface area (Å²) < 4.78 is 5.32. The van der Waals surface area contributed by atoms with E-state index < -0.39 is 0 Å². The third-order valence-electron chi connectivity index (χ3n) is 5.80. The molecule has 0 saturated carbocycles. The summed E-state index contributed by atoms with van der Waals surface area (Å²) in [5.41, 5.74) is 2.47. The van der Waals surface area contributed by atoms with Crippen molar-refractivity contribution in [3.8, 4) is 0 Å². The molecule has 0 bridgehead atoms. The average molecular weight is 354 g/mol. The Morgan fingerprint density at radius 2 is 1.81 bits per heavy atom. The molecule has 2 aromatic rings. The van der Waals surface area contributed by atoms with E-state index in [9.17, 15) is 0 Å². The molecular weight excluding hydrogens is 324 g/mol. The van der Waals surface area contributed by atoms with Crippen LogP contribution in [0.2, 0.25) is 0 Å². The summed E-state index contributed by atoms with van der Waals surface area (Å²) in [6.45, 7) is 9.98. The van der Waals surface area contributed by atoms with Crippen LogP contribution in [0.1, 0.15) is 36.8 Å². The van der Waals surface area contributed by atoms with E-state index in [4.69, 9.17) is 4.52 Å². The zero-order chi connectivity index (χ0) is 17.8. The number of likely N-dealkylation sites (tertiary alicyclic amines) is 1. The van der Waals surface area contributed by atoms with Crippen LogP contribution in [0.25, 0.3) is 0 Å². The number of benzene rings is 1. The summed E-state index contributed by atoms with van der Waals surface area (Å²) in [5.74, 6) is 0.919. The van der Waals surface area contributed by atoms with Gasteiger partial charge in [-0.05, 0) is 38.4 Å². The van der Waals surface area contributed by atoms with Crippen LogP contribution in [-0.2, 0) is 0 Å². The van der Waals surface area contributed by atoms with E-state index in [1.807, 2.05) is 6.92 Å². The average Bonchev–Trinajstić information content (AvgIpc) is 3.14. The molecule has 2 aliphatic rings. The molecule has 2 fully saturated rings. The van der Waals surface area contributed by atoms with E-state index in [-0.39, 0.29) is 0 Å². The van der Waals surface area contributed by atoms with Gasteiger partial charge in [-0.3, -0.25) is 9.80 Å². The molecular formula is C21H30N4O. The van der Waals surface area contributed by atoms with Crippen molar-refractivity contribution in [2.24, 2.45) is 0 Å². The summed E-state index contributed by atoms with van der Waals surface area (Å²) in [6, 6.07) is 13.3. The number of rotatable bonds is 5. The number of anilines is 1. The summed E-state index contributed by atoms with van der Waals surface area (Å²) in [4.78, 5) is 7.72. The van der Waals surface area contributed by atoms with Crippen LogP contribution in [0, 0.1) is 6.92 Å². The predicted octanol–water partition coefficient (Wildman–Crippen LogP) is 3.33. The molecule has 0 amide bonds. The molecule has 5 heteroatoms. The molecule has 1 unspecified atom stereocenters. The standard InChI is InChI=1S/C21H30N4O/c1-18-17-20(22-26-18)21-9-5-6-10-25(21)16-13-23-11-14-24(15-12-23)19-7-3-2-4-8-19/h2-4,7-8,17,21H,5-6,9-16H2,1H3. The molecule has 26 heavy (non-hydrogen) atoms. The Morgan fingerprint density at radius 1 is 1.00 bits per heavy atom. The quantitative estimate of drug-likeness (QED) is 0.823. The molecule has 2 aliphatic heterocycles. The zero-order valence-corrected chi connectivity index (χ0v) is 15.8. The van der Waals surface area contributed by atoms with Gasteiger partial charge >= 0.3 is 0 Å². The number of nitrogens with zero attached hydrogens (tertiary/aromatic N) is 4. The van der Waals surface area contributed by atoms with Gasteiger partial charge in [-0.15, -0.1) is 0 Å². The van der Waals surface area contributed by atoms with E-state index in [2.05, 4.69) is 56.3 Å². The van der Waals surface area contributed by atoms with Gasteiger partial charge in [0, 0.05) is 51.0 Å². The van der Waals surface area contributed by atoms with Gasteiger partial charge in [-0.25, -0.2) is 0 Å². The van der Waals surface area contributed by atoms with Gasteiger partial charge in [0.25, 0.3) is 0 Å². The van der Waals surface area contributed by atoms with Gasteiger partial charge in [0.05, 0.1) is 6.04 Å². The summed E-state index contributed by atoms with van der Waals surface area (Å²) in [5, 5.41) is 4.29. The Balaban J connectivity index is 1.28. The molecule has 140 valence electrons. The smallest absolute Gasteiger partial charge is 0.133 e. The van der Waals surface area contributed by atoms with Crippen LogP contribution >= 0.6 is 0 Å². The van der Waals surface area contributed by atoms with Gasteiger partial charge < -0.3 is 9.42 Å². The summed E-state index contributed by atoms with van der Waals surface area (Å²) in [6.07, 6.45) is 3.80. The van der Waals surface area contributed by atoms with Crippen molar-refractivity contribution in [1.29, 1.82) is 0 Å². The molecule has 4 rings (SSSR count). The second-order valence-electron chi connectivity index (χ2n) is 7.57. The van der Waals surface area contributed by atoms with Gasteiger partial charge in [0.1, 0.15) is 11.5 Å². The fraction of sp³-hybridized carbons (Fsp3) is 0.571. The van der Waals surface area contributed by atoms with Crippen LogP contribution in [0.4, 0.5) is 5.69 Å². The molecule has 0 aliphatic carbocycles. The largest absolute Gasteiger partial charge is 0.369 e. The lowest BCUT2D eigenvalue weighted by atomic mass is 9.99. The van der Waals surface area contributed by atoms with Crippen molar-refractivity contribution in [1.82, 2.24) is 15.0 Å². The van der Waals surface area contributed by atoms with Crippen LogP contribution in [0.5, 0.6) is 0 Å². The minimum atomic E-state index is 0.437. The van der Waals surface area contributed by atoms with E-state index in [0.717, 1.165) is 50.7 Å². The van der Waals surface area contributed by atoms with E-state index >= 15 is 0 Å². The number of hydrogen-bond acceptors (Lipinski definition) is 5. The first kappa shape index (κ1) is 17.6. The van der Waals surface area contributed by atoms with Crippen LogP contribution in [-0.4, -0.2) is 60.8 Å². The highest BCUT2D eigenvalue weighted by Gasteiger charge is 2.27.